The number of alkyl halides is 3. The van der Waals surface area contributed by atoms with Gasteiger partial charge < -0.3 is 10.6 Å². The van der Waals surface area contributed by atoms with Gasteiger partial charge >= 0.3 is 6.18 Å². The van der Waals surface area contributed by atoms with Crippen molar-refractivity contribution in [2.24, 2.45) is 5.73 Å². The number of imide groups is 1. The van der Waals surface area contributed by atoms with Gasteiger partial charge in [-0.3, -0.25) is 19.7 Å². The Bertz CT molecular complexity index is 745. The van der Waals surface area contributed by atoms with Crippen LogP contribution in [0.15, 0.2) is 12.1 Å². The fraction of sp³-hybridized carbons (Fsp3) is 0.400. The normalized spacial score (nSPS) is 21.1. The summed E-state index contributed by atoms with van der Waals surface area (Å²) in [4.78, 5) is 36.7. The van der Waals surface area contributed by atoms with Crippen molar-refractivity contribution >= 4 is 17.7 Å². The van der Waals surface area contributed by atoms with Gasteiger partial charge in [0.1, 0.15) is 6.04 Å². The lowest BCUT2D eigenvalue weighted by atomic mass is 9.99. The summed E-state index contributed by atoms with van der Waals surface area (Å²) in [6.07, 6.45) is -4.50. The number of hydrogen-bond donors (Lipinski definition) is 2. The van der Waals surface area contributed by atoms with Crippen molar-refractivity contribution < 1.29 is 27.6 Å². The van der Waals surface area contributed by atoms with Crippen LogP contribution in [-0.4, -0.2) is 28.7 Å². The van der Waals surface area contributed by atoms with E-state index in [0.29, 0.717) is 0 Å². The second-order valence-electron chi connectivity index (χ2n) is 5.77. The molecule has 2 aliphatic rings. The molecule has 0 aromatic heterocycles. The van der Waals surface area contributed by atoms with Gasteiger partial charge in [0.05, 0.1) is 5.56 Å². The van der Waals surface area contributed by atoms with Crippen LogP contribution >= 0.6 is 0 Å². The Balaban J connectivity index is 2.01. The molecule has 2 heterocycles. The quantitative estimate of drug-likeness (QED) is 0.783. The van der Waals surface area contributed by atoms with Crippen molar-refractivity contribution in [1.82, 2.24) is 10.2 Å². The molecule has 3 N–H and O–H groups in total. The topological polar surface area (TPSA) is 92.5 Å². The highest BCUT2D eigenvalue weighted by atomic mass is 19.4. The van der Waals surface area contributed by atoms with Crippen LogP contribution in [0.5, 0.6) is 0 Å². The molecule has 0 bridgehead atoms. The molecule has 0 spiro atoms. The van der Waals surface area contributed by atoms with Crippen molar-refractivity contribution in [3.63, 3.8) is 0 Å². The molecule has 1 aromatic carbocycles. The predicted molar refractivity (Wildman–Crippen MR) is 75.4 cm³/mol. The van der Waals surface area contributed by atoms with Crippen LogP contribution in [0.4, 0.5) is 13.2 Å². The zero-order valence-electron chi connectivity index (χ0n) is 12.4. The van der Waals surface area contributed by atoms with Gasteiger partial charge in [-0.2, -0.15) is 13.2 Å². The highest BCUT2D eigenvalue weighted by Crippen LogP contribution is 2.39. The van der Waals surface area contributed by atoms with Crippen LogP contribution in [0, 0.1) is 0 Å². The van der Waals surface area contributed by atoms with Gasteiger partial charge in [-0.25, -0.2) is 0 Å². The Morgan fingerprint density at radius 1 is 1.25 bits per heavy atom. The lowest BCUT2D eigenvalue weighted by Gasteiger charge is -2.29. The maximum absolute atomic E-state index is 13.3. The molecule has 9 heteroatoms. The Morgan fingerprint density at radius 2 is 1.96 bits per heavy atom. The number of hydrogen-bond acceptors (Lipinski definition) is 4. The molecule has 1 atom stereocenters. The number of rotatable bonds is 2. The van der Waals surface area contributed by atoms with Gasteiger partial charge in [0.15, 0.2) is 0 Å². The van der Waals surface area contributed by atoms with Crippen LogP contribution in [0.1, 0.15) is 39.9 Å². The molecular weight excluding hydrogens is 327 g/mol. The summed E-state index contributed by atoms with van der Waals surface area (Å²) in [7, 11) is 0. The number of nitrogens with one attached hydrogen (secondary N) is 1. The molecule has 1 saturated heterocycles. The summed E-state index contributed by atoms with van der Waals surface area (Å²) < 4.78 is 39.9. The number of nitrogens with zero attached hydrogens (tertiary/aromatic N) is 1. The molecule has 128 valence electrons. The molecule has 0 saturated carbocycles. The maximum Gasteiger partial charge on any atom is 0.416 e. The average molecular weight is 341 g/mol. The first-order valence-corrected chi connectivity index (χ1v) is 7.30. The average Bonchev–Trinajstić information content (AvgIpc) is 2.82. The molecule has 6 nitrogen and oxygen atoms in total. The maximum atomic E-state index is 13.3. The summed E-state index contributed by atoms with van der Waals surface area (Å²) >= 11 is 0. The van der Waals surface area contributed by atoms with E-state index in [-0.39, 0.29) is 42.6 Å². The number of piperidine rings is 1. The minimum Gasteiger partial charge on any atom is -0.326 e. The van der Waals surface area contributed by atoms with Crippen LogP contribution < -0.4 is 11.1 Å². The number of fused-ring (bicyclic) bond motifs is 1. The summed E-state index contributed by atoms with van der Waals surface area (Å²) in [5.41, 5.74) is 4.46. The van der Waals surface area contributed by atoms with E-state index in [1.807, 2.05) is 0 Å². The molecule has 2 aliphatic heterocycles. The van der Waals surface area contributed by atoms with E-state index in [1.54, 1.807) is 0 Å². The third kappa shape index (κ3) is 2.64. The van der Waals surface area contributed by atoms with Gasteiger partial charge in [0.2, 0.25) is 11.8 Å². The highest BCUT2D eigenvalue weighted by Gasteiger charge is 2.44. The number of benzene rings is 1. The summed E-state index contributed by atoms with van der Waals surface area (Å²) in [5, 5.41) is 2.11. The van der Waals surface area contributed by atoms with Crippen LogP contribution in [0.2, 0.25) is 0 Å². The predicted octanol–water partition coefficient (Wildman–Crippen LogP) is 0.925. The minimum absolute atomic E-state index is 0.0384. The second-order valence-corrected chi connectivity index (χ2v) is 5.77. The molecular formula is C15H14F3N3O3. The van der Waals surface area contributed by atoms with E-state index >= 15 is 0 Å². The van der Waals surface area contributed by atoms with E-state index in [0.717, 1.165) is 11.0 Å². The lowest BCUT2D eigenvalue weighted by molar-refractivity contribution is -0.138. The van der Waals surface area contributed by atoms with Crippen LogP contribution in [-0.2, 0) is 28.9 Å². The summed E-state index contributed by atoms with van der Waals surface area (Å²) in [5.74, 6) is -1.78. The SMILES string of the molecule is NCc1cc2c(c(C(F)(F)F)c1)CN(C1CCC(=O)NC1=O)C2=O. The van der Waals surface area contributed by atoms with E-state index in [9.17, 15) is 27.6 Å². The summed E-state index contributed by atoms with van der Waals surface area (Å²) in [6, 6.07) is 1.31. The van der Waals surface area contributed by atoms with E-state index < -0.39 is 35.5 Å². The van der Waals surface area contributed by atoms with Crippen molar-refractivity contribution in [2.75, 3.05) is 0 Å². The second kappa shape index (κ2) is 5.59. The standard InChI is InChI=1S/C15H14F3N3O3/c16-15(17,18)10-4-7(5-19)3-8-9(10)6-21(14(8)24)11-1-2-12(22)20-13(11)23/h3-4,11H,1-2,5-6,19H2,(H,20,22,23). The van der Waals surface area contributed by atoms with Gasteiger partial charge in [-0.1, -0.05) is 0 Å². The van der Waals surface area contributed by atoms with Crippen molar-refractivity contribution in [3.05, 3.63) is 34.4 Å². The molecule has 0 radical (unpaired) electrons. The van der Waals surface area contributed by atoms with Crippen LogP contribution in [0.3, 0.4) is 0 Å². The Kier molecular flexibility index (Phi) is 3.83. The van der Waals surface area contributed by atoms with E-state index in [4.69, 9.17) is 5.73 Å². The molecule has 1 fully saturated rings. The van der Waals surface area contributed by atoms with Crippen LogP contribution in [0.25, 0.3) is 0 Å². The Labute approximate surface area is 134 Å². The van der Waals surface area contributed by atoms with E-state index in [1.165, 1.54) is 6.07 Å². The fourth-order valence-corrected chi connectivity index (χ4v) is 3.09. The largest absolute Gasteiger partial charge is 0.416 e. The number of nitrogens with two attached hydrogens (primary N) is 1. The number of halogens is 3. The first kappa shape index (κ1) is 16.4. The zero-order chi connectivity index (χ0) is 17.6. The lowest BCUT2D eigenvalue weighted by Crippen LogP contribution is -2.52. The zero-order valence-corrected chi connectivity index (χ0v) is 12.4. The summed E-state index contributed by atoms with van der Waals surface area (Å²) in [6.45, 7) is -0.456. The van der Waals surface area contributed by atoms with Crippen molar-refractivity contribution in [2.45, 2.75) is 38.1 Å². The van der Waals surface area contributed by atoms with Gasteiger partial charge in [-0.05, 0) is 29.7 Å². The number of carbonyl (C=O) groups excluding carboxylic acids is 3. The first-order valence-electron chi connectivity index (χ1n) is 7.30. The molecule has 1 aromatic rings. The molecule has 1 unspecified atom stereocenters. The third-order valence-electron chi connectivity index (χ3n) is 4.26. The highest BCUT2D eigenvalue weighted by molar-refractivity contribution is 6.05. The first-order chi connectivity index (χ1) is 11.2. The van der Waals surface area contributed by atoms with Gasteiger partial charge in [0.25, 0.3) is 5.91 Å². The molecule has 3 amide bonds. The van der Waals surface area contributed by atoms with Gasteiger partial charge in [-0.15, -0.1) is 0 Å². The Morgan fingerprint density at radius 3 is 2.54 bits per heavy atom. The number of amides is 3. The monoisotopic (exact) mass is 341 g/mol. The van der Waals surface area contributed by atoms with Crippen molar-refractivity contribution in [3.8, 4) is 0 Å². The molecule has 0 aliphatic carbocycles. The third-order valence-corrected chi connectivity index (χ3v) is 4.26. The van der Waals surface area contributed by atoms with Gasteiger partial charge in [0, 0.05) is 25.1 Å². The number of carbonyl (C=O) groups is 3. The smallest absolute Gasteiger partial charge is 0.326 e. The minimum atomic E-state index is -4.63. The molecule has 3 rings (SSSR count). The fourth-order valence-electron chi connectivity index (χ4n) is 3.09. The Hall–Kier alpha value is -2.42. The van der Waals surface area contributed by atoms with E-state index in [2.05, 4.69) is 5.32 Å². The molecule has 24 heavy (non-hydrogen) atoms. The van der Waals surface area contributed by atoms with Crippen molar-refractivity contribution in [1.29, 1.82) is 0 Å².